The highest BCUT2D eigenvalue weighted by atomic mass is 16.4. The van der Waals surface area contributed by atoms with Crippen LogP contribution >= 0.6 is 0 Å². The number of nitrogens with one attached hydrogen (secondary N) is 3. The molecule has 0 fully saturated rings. The molecule has 19 heavy (non-hydrogen) atoms. The molecular formula is C12H18N4O3. The van der Waals surface area contributed by atoms with E-state index in [1.165, 1.54) is 0 Å². The number of amides is 2. The van der Waals surface area contributed by atoms with E-state index in [0.717, 1.165) is 25.2 Å². The molecule has 0 saturated heterocycles. The third-order valence-electron chi connectivity index (χ3n) is 2.26. The lowest BCUT2D eigenvalue weighted by atomic mass is 10.3. The van der Waals surface area contributed by atoms with E-state index in [4.69, 9.17) is 5.11 Å². The first kappa shape index (κ1) is 14.7. The Hall–Kier alpha value is -2.31. The molecule has 0 radical (unpaired) electrons. The molecule has 0 atom stereocenters. The van der Waals surface area contributed by atoms with Gasteiger partial charge in [0, 0.05) is 19.3 Å². The zero-order chi connectivity index (χ0) is 13.9. The second-order valence-electron chi connectivity index (χ2n) is 3.85. The van der Waals surface area contributed by atoms with Gasteiger partial charge >= 0.3 is 12.0 Å². The van der Waals surface area contributed by atoms with Gasteiger partial charge in [-0.2, -0.15) is 0 Å². The van der Waals surface area contributed by atoms with Gasteiger partial charge in [0.2, 0.25) is 0 Å². The van der Waals surface area contributed by atoms with Crippen LogP contribution in [-0.4, -0.2) is 41.7 Å². The Morgan fingerprint density at radius 1 is 1.16 bits per heavy atom. The zero-order valence-electron chi connectivity index (χ0n) is 10.6. The normalized spacial score (nSPS) is 9.68. The van der Waals surface area contributed by atoms with E-state index in [0.29, 0.717) is 6.54 Å². The van der Waals surface area contributed by atoms with Crippen LogP contribution in [0.1, 0.15) is 12.8 Å². The van der Waals surface area contributed by atoms with Gasteiger partial charge in [0.25, 0.3) is 0 Å². The Labute approximate surface area is 111 Å². The Kier molecular flexibility index (Phi) is 6.78. The molecule has 104 valence electrons. The van der Waals surface area contributed by atoms with Gasteiger partial charge in [0.05, 0.1) is 0 Å². The number of unbranched alkanes of at least 4 members (excludes halogenated alkanes) is 1. The number of carbonyl (C=O) groups is 2. The summed E-state index contributed by atoms with van der Waals surface area (Å²) in [6, 6.07) is 5.19. The zero-order valence-corrected chi connectivity index (χ0v) is 10.6. The van der Waals surface area contributed by atoms with Gasteiger partial charge in [-0.25, -0.2) is 9.78 Å². The first-order chi connectivity index (χ1) is 9.18. The maximum Gasteiger partial charge on any atom is 0.323 e. The van der Waals surface area contributed by atoms with Crippen molar-refractivity contribution in [3.8, 4) is 0 Å². The summed E-state index contributed by atoms with van der Waals surface area (Å²) in [5, 5.41) is 16.3. The van der Waals surface area contributed by atoms with Gasteiger partial charge in [0.15, 0.2) is 0 Å². The average molecular weight is 266 g/mol. The van der Waals surface area contributed by atoms with Gasteiger partial charge in [-0.3, -0.25) is 4.79 Å². The Morgan fingerprint density at radius 3 is 2.63 bits per heavy atom. The highest BCUT2D eigenvalue weighted by Crippen LogP contribution is 1.99. The summed E-state index contributed by atoms with van der Waals surface area (Å²) in [4.78, 5) is 25.4. The monoisotopic (exact) mass is 266 g/mol. The topological polar surface area (TPSA) is 103 Å². The van der Waals surface area contributed by atoms with Crippen molar-refractivity contribution in [1.29, 1.82) is 0 Å². The van der Waals surface area contributed by atoms with E-state index in [1.54, 1.807) is 6.20 Å². The van der Waals surface area contributed by atoms with Gasteiger partial charge in [-0.15, -0.1) is 0 Å². The molecule has 0 unspecified atom stereocenters. The van der Waals surface area contributed by atoms with Crippen molar-refractivity contribution in [2.75, 3.05) is 25.0 Å². The highest BCUT2D eigenvalue weighted by Gasteiger charge is 2.01. The fourth-order valence-electron chi connectivity index (χ4n) is 1.35. The van der Waals surface area contributed by atoms with Crippen LogP contribution < -0.4 is 16.0 Å². The quantitative estimate of drug-likeness (QED) is 0.517. The minimum atomic E-state index is -1.06. The number of nitrogens with zero attached hydrogens (tertiary/aromatic N) is 1. The molecule has 1 rings (SSSR count). The van der Waals surface area contributed by atoms with Crippen LogP contribution in [0.4, 0.5) is 10.6 Å². The standard InChI is InChI=1S/C12H18N4O3/c17-11(18)9-16-12(19)15-8-4-3-7-14-10-5-1-2-6-13-10/h1-2,5-6H,3-4,7-9H2,(H,13,14)(H,17,18)(H2,15,16,19). The number of carboxylic acid groups (broad SMARTS) is 1. The summed E-state index contributed by atoms with van der Waals surface area (Å²) in [6.07, 6.45) is 3.41. The lowest BCUT2D eigenvalue weighted by Gasteiger charge is -2.07. The first-order valence-corrected chi connectivity index (χ1v) is 6.07. The Morgan fingerprint density at radius 2 is 1.95 bits per heavy atom. The van der Waals surface area contributed by atoms with E-state index in [9.17, 15) is 9.59 Å². The average Bonchev–Trinajstić information content (AvgIpc) is 2.41. The molecule has 1 aromatic rings. The molecule has 0 bridgehead atoms. The Balaban J connectivity index is 1.96. The molecule has 0 aromatic carbocycles. The van der Waals surface area contributed by atoms with Crippen LogP contribution in [0.25, 0.3) is 0 Å². The summed E-state index contributed by atoms with van der Waals surface area (Å²) in [7, 11) is 0. The third-order valence-corrected chi connectivity index (χ3v) is 2.26. The summed E-state index contributed by atoms with van der Waals surface area (Å²) in [5.74, 6) is -0.232. The lowest BCUT2D eigenvalue weighted by Crippen LogP contribution is -2.38. The fourth-order valence-corrected chi connectivity index (χ4v) is 1.35. The van der Waals surface area contributed by atoms with Crippen molar-refractivity contribution >= 4 is 17.8 Å². The minimum Gasteiger partial charge on any atom is -0.480 e. The van der Waals surface area contributed by atoms with Crippen LogP contribution in [0, 0.1) is 0 Å². The number of anilines is 1. The SMILES string of the molecule is O=C(O)CNC(=O)NCCCCNc1ccccn1. The summed E-state index contributed by atoms with van der Waals surface area (Å²) >= 11 is 0. The van der Waals surface area contributed by atoms with Crippen molar-refractivity contribution in [3.63, 3.8) is 0 Å². The van der Waals surface area contributed by atoms with E-state index in [1.807, 2.05) is 18.2 Å². The van der Waals surface area contributed by atoms with Crippen LogP contribution in [-0.2, 0) is 4.79 Å². The van der Waals surface area contributed by atoms with Crippen molar-refractivity contribution in [3.05, 3.63) is 24.4 Å². The van der Waals surface area contributed by atoms with Gasteiger partial charge in [-0.1, -0.05) is 6.07 Å². The van der Waals surface area contributed by atoms with Crippen molar-refractivity contribution < 1.29 is 14.7 Å². The maximum atomic E-state index is 11.1. The first-order valence-electron chi connectivity index (χ1n) is 6.07. The molecule has 0 aliphatic heterocycles. The Bertz CT molecular complexity index is 397. The number of aliphatic carboxylic acids is 1. The molecule has 1 heterocycles. The van der Waals surface area contributed by atoms with Crippen molar-refractivity contribution in [2.24, 2.45) is 0 Å². The second-order valence-corrected chi connectivity index (χ2v) is 3.85. The molecule has 0 aliphatic rings. The van der Waals surface area contributed by atoms with Crippen LogP contribution in [0.5, 0.6) is 0 Å². The number of aromatic nitrogens is 1. The second kappa shape index (κ2) is 8.73. The molecule has 2 amide bonds. The molecule has 4 N–H and O–H groups in total. The van der Waals surface area contributed by atoms with E-state index < -0.39 is 12.0 Å². The molecule has 1 aromatic heterocycles. The molecule has 7 heteroatoms. The molecule has 0 aliphatic carbocycles. The number of hydrogen-bond donors (Lipinski definition) is 4. The number of rotatable bonds is 8. The summed E-state index contributed by atoms with van der Waals surface area (Å²) < 4.78 is 0. The number of urea groups is 1. The maximum absolute atomic E-state index is 11.1. The smallest absolute Gasteiger partial charge is 0.323 e. The van der Waals surface area contributed by atoms with Gasteiger partial charge < -0.3 is 21.1 Å². The van der Waals surface area contributed by atoms with Crippen molar-refractivity contribution in [1.82, 2.24) is 15.6 Å². The van der Waals surface area contributed by atoms with Crippen molar-refractivity contribution in [2.45, 2.75) is 12.8 Å². The van der Waals surface area contributed by atoms with E-state index in [2.05, 4.69) is 20.9 Å². The van der Waals surface area contributed by atoms with E-state index in [-0.39, 0.29) is 6.54 Å². The number of carboxylic acids is 1. The number of pyridine rings is 1. The molecule has 0 spiro atoms. The third kappa shape index (κ3) is 7.58. The van der Waals surface area contributed by atoms with Crippen LogP contribution in [0.15, 0.2) is 24.4 Å². The minimum absolute atomic E-state index is 0.368. The van der Waals surface area contributed by atoms with Gasteiger partial charge in [0.1, 0.15) is 12.4 Å². The van der Waals surface area contributed by atoms with Gasteiger partial charge in [-0.05, 0) is 25.0 Å². The molecular weight excluding hydrogens is 248 g/mol. The summed E-state index contributed by atoms with van der Waals surface area (Å²) in [6.45, 7) is 0.915. The molecule has 7 nitrogen and oxygen atoms in total. The number of carbonyl (C=O) groups excluding carboxylic acids is 1. The highest BCUT2D eigenvalue weighted by molar-refractivity contribution is 5.79. The van der Waals surface area contributed by atoms with E-state index >= 15 is 0 Å². The summed E-state index contributed by atoms with van der Waals surface area (Å²) in [5.41, 5.74) is 0. The molecule has 0 saturated carbocycles. The predicted octanol–water partition coefficient (Wildman–Crippen LogP) is 0.657. The largest absolute Gasteiger partial charge is 0.480 e. The fraction of sp³-hybridized carbons (Fsp3) is 0.417. The predicted molar refractivity (Wildman–Crippen MR) is 71.0 cm³/mol. The van der Waals surface area contributed by atoms with Crippen LogP contribution in [0.3, 0.4) is 0 Å². The number of hydrogen-bond acceptors (Lipinski definition) is 4. The lowest BCUT2D eigenvalue weighted by molar-refractivity contribution is -0.135. The van der Waals surface area contributed by atoms with Crippen LogP contribution in [0.2, 0.25) is 0 Å².